The van der Waals surface area contributed by atoms with E-state index < -0.39 is 10.0 Å². The fraction of sp³-hybridized carbons (Fsp3) is 0.160. The van der Waals surface area contributed by atoms with E-state index in [9.17, 15) is 17.6 Å². The molecule has 0 aliphatic carbocycles. The first-order chi connectivity index (χ1) is 15.8. The molecule has 0 saturated heterocycles. The predicted octanol–water partition coefficient (Wildman–Crippen LogP) is 5.45. The van der Waals surface area contributed by atoms with Crippen LogP contribution in [0, 0.1) is 5.82 Å². The second-order valence-corrected chi connectivity index (χ2v) is 9.91. The molecule has 1 amide bonds. The molecule has 4 rings (SSSR count). The van der Waals surface area contributed by atoms with Crippen molar-refractivity contribution in [2.45, 2.75) is 17.7 Å². The van der Waals surface area contributed by atoms with Crippen molar-refractivity contribution in [3.05, 3.63) is 101 Å². The standard InChI is InChI=1S/C25H22ClFN2O3S/c1-2-14-29(24-11-4-3-10-22(24)26)33(31,32)21-9-5-7-19(17-21)25(30)28-15-6-8-18-16-20(27)12-13-23(18)28/h2-5,7,9-13,16-17H,1,6,8,14-15H2. The number of nitrogens with zero attached hydrogens (tertiary/aromatic N) is 2. The third-order valence-electron chi connectivity index (χ3n) is 5.49. The van der Waals surface area contributed by atoms with Crippen LogP contribution < -0.4 is 9.21 Å². The first-order valence-corrected chi connectivity index (χ1v) is 12.2. The normalized spacial score (nSPS) is 13.3. The van der Waals surface area contributed by atoms with E-state index >= 15 is 0 Å². The van der Waals surface area contributed by atoms with Gasteiger partial charge < -0.3 is 4.90 Å². The minimum Gasteiger partial charge on any atom is -0.308 e. The molecule has 1 aliphatic rings. The largest absolute Gasteiger partial charge is 0.308 e. The Labute approximate surface area is 197 Å². The van der Waals surface area contributed by atoms with Crippen LogP contribution in [-0.2, 0) is 16.4 Å². The number of aryl methyl sites for hydroxylation is 1. The fourth-order valence-corrected chi connectivity index (χ4v) is 5.74. The Kier molecular flexibility index (Phi) is 6.54. The van der Waals surface area contributed by atoms with Crippen molar-refractivity contribution in [1.82, 2.24) is 0 Å². The first-order valence-electron chi connectivity index (χ1n) is 10.4. The maximum absolute atomic E-state index is 13.6. The van der Waals surface area contributed by atoms with Crippen molar-refractivity contribution >= 4 is 38.9 Å². The van der Waals surface area contributed by atoms with Gasteiger partial charge in [-0.2, -0.15) is 0 Å². The number of anilines is 2. The number of carbonyl (C=O) groups excluding carboxylic acids is 1. The monoisotopic (exact) mass is 484 g/mol. The molecular weight excluding hydrogens is 463 g/mol. The lowest BCUT2D eigenvalue weighted by atomic mass is 10.0. The highest BCUT2D eigenvalue weighted by Gasteiger charge is 2.28. The van der Waals surface area contributed by atoms with E-state index in [1.807, 2.05) is 0 Å². The number of amides is 1. The van der Waals surface area contributed by atoms with Crippen molar-refractivity contribution in [1.29, 1.82) is 0 Å². The van der Waals surface area contributed by atoms with Crippen molar-refractivity contribution in [2.24, 2.45) is 0 Å². The van der Waals surface area contributed by atoms with E-state index in [4.69, 9.17) is 11.6 Å². The quantitative estimate of drug-likeness (QED) is 0.437. The highest BCUT2D eigenvalue weighted by Crippen LogP contribution is 2.32. The zero-order valence-corrected chi connectivity index (χ0v) is 19.3. The molecule has 0 atom stereocenters. The molecule has 0 bridgehead atoms. The Morgan fingerprint density at radius 1 is 1.12 bits per heavy atom. The minimum atomic E-state index is -4.03. The van der Waals surface area contributed by atoms with Gasteiger partial charge in [0.25, 0.3) is 15.9 Å². The number of benzene rings is 3. The van der Waals surface area contributed by atoms with Crippen LogP contribution in [0.1, 0.15) is 22.3 Å². The summed E-state index contributed by atoms with van der Waals surface area (Å²) in [6.07, 6.45) is 2.85. The molecule has 0 radical (unpaired) electrons. The Morgan fingerprint density at radius 2 is 1.91 bits per heavy atom. The number of carbonyl (C=O) groups is 1. The lowest BCUT2D eigenvalue weighted by Crippen LogP contribution is -2.36. The molecule has 0 aromatic heterocycles. The van der Waals surface area contributed by atoms with E-state index in [1.54, 1.807) is 41.3 Å². The molecule has 0 fully saturated rings. The van der Waals surface area contributed by atoms with Gasteiger partial charge in [0.15, 0.2) is 0 Å². The van der Waals surface area contributed by atoms with E-state index in [-0.39, 0.29) is 33.8 Å². The average molecular weight is 485 g/mol. The molecule has 5 nitrogen and oxygen atoms in total. The molecule has 170 valence electrons. The van der Waals surface area contributed by atoms with Gasteiger partial charge in [0.1, 0.15) is 5.82 Å². The van der Waals surface area contributed by atoms with E-state index in [0.717, 1.165) is 9.87 Å². The van der Waals surface area contributed by atoms with Crippen molar-refractivity contribution < 1.29 is 17.6 Å². The van der Waals surface area contributed by atoms with Crippen LogP contribution in [0.2, 0.25) is 5.02 Å². The molecule has 0 N–H and O–H groups in total. The Hall–Kier alpha value is -3.16. The van der Waals surface area contributed by atoms with E-state index in [1.165, 1.54) is 36.4 Å². The van der Waals surface area contributed by atoms with Gasteiger partial charge in [-0.05, 0) is 66.9 Å². The predicted molar refractivity (Wildman–Crippen MR) is 129 cm³/mol. The summed E-state index contributed by atoms with van der Waals surface area (Å²) in [5.41, 5.74) is 1.95. The summed E-state index contributed by atoms with van der Waals surface area (Å²) in [4.78, 5) is 14.9. The number of rotatable bonds is 6. The molecule has 1 aliphatic heterocycles. The minimum absolute atomic E-state index is 0.00923. The van der Waals surface area contributed by atoms with Gasteiger partial charge in [-0.1, -0.05) is 35.9 Å². The Bertz CT molecular complexity index is 1330. The second kappa shape index (κ2) is 9.37. The number of hydrogen-bond donors (Lipinski definition) is 0. The van der Waals surface area contributed by atoms with Crippen molar-refractivity contribution in [3.8, 4) is 0 Å². The summed E-state index contributed by atoms with van der Waals surface area (Å²) in [5, 5.41) is 0.285. The van der Waals surface area contributed by atoms with Crippen LogP contribution in [0.3, 0.4) is 0 Å². The molecule has 0 unspecified atom stereocenters. The first kappa shape index (κ1) is 23.0. The van der Waals surface area contributed by atoms with Crippen LogP contribution in [0.4, 0.5) is 15.8 Å². The molecule has 8 heteroatoms. The van der Waals surface area contributed by atoms with Crippen LogP contribution in [0.25, 0.3) is 0 Å². The van der Waals surface area contributed by atoms with Crippen molar-refractivity contribution in [2.75, 3.05) is 22.3 Å². The van der Waals surface area contributed by atoms with E-state index in [0.29, 0.717) is 30.8 Å². The van der Waals surface area contributed by atoms with Crippen LogP contribution >= 0.6 is 11.6 Å². The maximum Gasteiger partial charge on any atom is 0.264 e. The summed E-state index contributed by atoms with van der Waals surface area (Å²) < 4.78 is 41.8. The van der Waals surface area contributed by atoms with Crippen LogP contribution in [0.15, 0.2) is 84.3 Å². The number of fused-ring (bicyclic) bond motifs is 1. The summed E-state index contributed by atoms with van der Waals surface area (Å²) in [7, 11) is -4.03. The fourth-order valence-electron chi connectivity index (χ4n) is 3.95. The summed E-state index contributed by atoms with van der Waals surface area (Å²) >= 11 is 6.26. The third kappa shape index (κ3) is 4.51. The number of hydrogen-bond acceptors (Lipinski definition) is 3. The maximum atomic E-state index is 13.6. The number of para-hydroxylation sites is 1. The topological polar surface area (TPSA) is 57.7 Å². The summed E-state index contributed by atoms with van der Waals surface area (Å²) in [6, 6.07) is 16.9. The zero-order chi connectivity index (χ0) is 23.6. The lowest BCUT2D eigenvalue weighted by Gasteiger charge is -2.30. The summed E-state index contributed by atoms with van der Waals surface area (Å²) in [6.45, 7) is 4.14. The van der Waals surface area contributed by atoms with Gasteiger partial charge in [0, 0.05) is 17.8 Å². The molecule has 0 saturated carbocycles. The number of sulfonamides is 1. The van der Waals surface area contributed by atoms with Gasteiger partial charge in [0.2, 0.25) is 0 Å². The SMILES string of the molecule is C=CCN(c1ccccc1Cl)S(=O)(=O)c1cccc(C(=O)N2CCCc3cc(F)ccc32)c1. The Balaban J connectivity index is 1.71. The highest BCUT2D eigenvalue weighted by atomic mass is 35.5. The molecule has 3 aromatic carbocycles. The molecular formula is C25H22ClFN2O3S. The van der Waals surface area contributed by atoms with Gasteiger partial charge in [0.05, 0.1) is 22.2 Å². The van der Waals surface area contributed by atoms with Crippen molar-refractivity contribution in [3.63, 3.8) is 0 Å². The van der Waals surface area contributed by atoms with Gasteiger partial charge in [-0.25, -0.2) is 12.8 Å². The number of halogens is 2. The van der Waals surface area contributed by atoms with Gasteiger partial charge in [-0.15, -0.1) is 6.58 Å². The second-order valence-electron chi connectivity index (χ2n) is 7.64. The lowest BCUT2D eigenvalue weighted by molar-refractivity contribution is 0.0985. The Morgan fingerprint density at radius 3 is 2.67 bits per heavy atom. The van der Waals surface area contributed by atoms with Crippen LogP contribution in [0.5, 0.6) is 0 Å². The summed E-state index contributed by atoms with van der Waals surface area (Å²) in [5.74, 6) is -0.689. The zero-order valence-electron chi connectivity index (χ0n) is 17.7. The highest BCUT2D eigenvalue weighted by molar-refractivity contribution is 7.92. The molecule has 0 spiro atoms. The van der Waals surface area contributed by atoms with Crippen LogP contribution in [-0.4, -0.2) is 27.4 Å². The van der Waals surface area contributed by atoms with Gasteiger partial charge >= 0.3 is 0 Å². The smallest absolute Gasteiger partial charge is 0.264 e. The third-order valence-corrected chi connectivity index (χ3v) is 7.59. The van der Waals surface area contributed by atoms with Gasteiger partial charge in [-0.3, -0.25) is 9.10 Å². The molecule has 1 heterocycles. The van der Waals surface area contributed by atoms with E-state index in [2.05, 4.69) is 6.58 Å². The molecule has 33 heavy (non-hydrogen) atoms. The molecule has 3 aromatic rings. The average Bonchev–Trinajstić information content (AvgIpc) is 2.82.